The van der Waals surface area contributed by atoms with Gasteiger partial charge in [0.15, 0.2) is 0 Å². The van der Waals surface area contributed by atoms with Gasteiger partial charge in [-0.3, -0.25) is 0 Å². The van der Waals surface area contributed by atoms with Crippen LogP contribution in [0.5, 0.6) is 5.75 Å². The molecule has 0 aliphatic heterocycles. The monoisotopic (exact) mass is 333 g/mol. The number of hydrogen-bond acceptors (Lipinski definition) is 4. The molecule has 0 fully saturated rings. The number of aryl methyl sites for hydroxylation is 1. The first-order chi connectivity index (χ1) is 11.4. The van der Waals surface area contributed by atoms with Crippen molar-refractivity contribution in [2.75, 3.05) is 12.4 Å². The molecule has 0 unspecified atom stereocenters. The van der Waals surface area contributed by atoms with Gasteiger partial charge in [0, 0.05) is 17.1 Å². The minimum Gasteiger partial charge on any atom is -0.497 e. The van der Waals surface area contributed by atoms with Crippen molar-refractivity contribution >= 4 is 22.4 Å². The fourth-order valence-corrected chi connectivity index (χ4v) is 2.32. The second-order valence-corrected chi connectivity index (χ2v) is 5.27. The fourth-order valence-electron chi connectivity index (χ4n) is 2.32. The summed E-state index contributed by atoms with van der Waals surface area (Å²) in [4.78, 5) is 7.28. The van der Waals surface area contributed by atoms with Gasteiger partial charge in [-0.05, 0) is 36.8 Å². The van der Waals surface area contributed by atoms with Crippen LogP contribution in [0.25, 0.3) is 10.9 Å². The molecule has 7 heteroatoms. The second-order valence-electron chi connectivity index (χ2n) is 5.27. The lowest BCUT2D eigenvalue weighted by Gasteiger charge is -2.13. The number of halogens is 3. The van der Waals surface area contributed by atoms with E-state index >= 15 is 0 Å². The van der Waals surface area contributed by atoms with Gasteiger partial charge in [-0.15, -0.1) is 0 Å². The molecular weight excluding hydrogens is 319 g/mol. The van der Waals surface area contributed by atoms with E-state index in [1.807, 2.05) is 25.1 Å². The van der Waals surface area contributed by atoms with E-state index < -0.39 is 12.0 Å². The molecule has 124 valence electrons. The summed E-state index contributed by atoms with van der Waals surface area (Å²) in [6, 6.07) is 12.0. The Morgan fingerprint density at radius 1 is 1.04 bits per heavy atom. The van der Waals surface area contributed by atoms with Crippen LogP contribution in [0.1, 0.15) is 11.4 Å². The maximum Gasteiger partial charge on any atom is 0.451 e. The fraction of sp³-hybridized carbons (Fsp3) is 0.176. The molecule has 0 saturated carbocycles. The predicted molar refractivity (Wildman–Crippen MR) is 85.6 cm³/mol. The predicted octanol–water partition coefficient (Wildman–Crippen LogP) is 4.71. The van der Waals surface area contributed by atoms with Gasteiger partial charge in [0.25, 0.3) is 0 Å². The molecule has 0 radical (unpaired) electrons. The highest BCUT2D eigenvalue weighted by molar-refractivity contribution is 5.91. The summed E-state index contributed by atoms with van der Waals surface area (Å²) in [5.41, 5.74) is 1.79. The van der Waals surface area contributed by atoms with Crippen molar-refractivity contribution in [2.24, 2.45) is 0 Å². The molecule has 0 atom stereocenters. The van der Waals surface area contributed by atoms with Gasteiger partial charge in [-0.1, -0.05) is 12.1 Å². The number of ether oxygens (including phenoxy) is 1. The Morgan fingerprint density at radius 2 is 1.83 bits per heavy atom. The van der Waals surface area contributed by atoms with E-state index in [-0.39, 0.29) is 11.3 Å². The third kappa shape index (κ3) is 3.24. The lowest BCUT2D eigenvalue weighted by atomic mass is 10.2. The minimum absolute atomic E-state index is 0.0978. The Labute approximate surface area is 136 Å². The Bertz CT molecular complexity index is 894. The normalized spacial score (nSPS) is 11.5. The molecule has 0 saturated heterocycles. The van der Waals surface area contributed by atoms with Crippen LogP contribution in [0.2, 0.25) is 0 Å². The van der Waals surface area contributed by atoms with E-state index in [0.717, 1.165) is 5.56 Å². The van der Waals surface area contributed by atoms with Crippen LogP contribution in [0.15, 0.2) is 42.5 Å². The highest BCUT2D eigenvalue weighted by atomic mass is 19.4. The van der Waals surface area contributed by atoms with Gasteiger partial charge in [0.1, 0.15) is 11.6 Å². The zero-order valence-electron chi connectivity index (χ0n) is 13.0. The van der Waals surface area contributed by atoms with Gasteiger partial charge < -0.3 is 10.1 Å². The van der Waals surface area contributed by atoms with Crippen molar-refractivity contribution in [2.45, 2.75) is 13.1 Å². The van der Waals surface area contributed by atoms with Crippen molar-refractivity contribution in [3.8, 4) is 5.75 Å². The van der Waals surface area contributed by atoms with E-state index in [1.165, 1.54) is 13.2 Å². The van der Waals surface area contributed by atoms with Crippen molar-refractivity contribution in [1.29, 1.82) is 0 Å². The van der Waals surface area contributed by atoms with Gasteiger partial charge in [-0.2, -0.15) is 13.2 Å². The summed E-state index contributed by atoms with van der Waals surface area (Å²) in [5.74, 6) is -0.671. The molecular formula is C17H14F3N3O. The minimum atomic E-state index is -4.64. The zero-order valence-corrected chi connectivity index (χ0v) is 13.0. The first-order valence-electron chi connectivity index (χ1n) is 7.13. The maximum atomic E-state index is 13.1. The molecule has 1 aromatic heterocycles. The van der Waals surface area contributed by atoms with Crippen molar-refractivity contribution in [1.82, 2.24) is 9.97 Å². The largest absolute Gasteiger partial charge is 0.497 e. The molecule has 1 heterocycles. The standard InChI is InChI=1S/C17H14F3N3O/c1-10-4-3-5-11(8-10)21-15-13-7-6-12(24-2)9-14(13)22-16(23-15)17(18,19)20/h3-9H,1-2H3,(H,21,22,23). The van der Waals surface area contributed by atoms with Crippen LogP contribution in [0.3, 0.4) is 0 Å². The van der Waals surface area contributed by atoms with E-state index in [1.54, 1.807) is 18.2 Å². The highest BCUT2D eigenvalue weighted by Gasteiger charge is 2.35. The summed E-state index contributed by atoms with van der Waals surface area (Å²) >= 11 is 0. The number of alkyl halides is 3. The molecule has 0 bridgehead atoms. The van der Waals surface area contributed by atoms with Gasteiger partial charge in [0.2, 0.25) is 5.82 Å². The van der Waals surface area contributed by atoms with E-state index in [9.17, 15) is 13.2 Å². The van der Waals surface area contributed by atoms with E-state index in [0.29, 0.717) is 16.8 Å². The van der Waals surface area contributed by atoms with Gasteiger partial charge in [-0.25, -0.2) is 9.97 Å². The molecule has 0 spiro atoms. The van der Waals surface area contributed by atoms with Crippen LogP contribution >= 0.6 is 0 Å². The van der Waals surface area contributed by atoms with Crippen molar-refractivity contribution in [3.63, 3.8) is 0 Å². The first-order valence-corrected chi connectivity index (χ1v) is 7.13. The molecule has 4 nitrogen and oxygen atoms in total. The van der Waals surface area contributed by atoms with Crippen molar-refractivity contribution in [3.05, 3.63) is 53.9 Å². The second kappa shape index (κ2) is 5.99. The Hall–Kier alpha value is -2.83. The number of benzene rings is 2. The van der Waals surface area contributed by atoms with Crippen molar-refractivity contribution < 1.29 is 17.9 Å². The molecule has 3 rings (SSSR count). The molecule has 0 aliphatic carbocycles. The van der Waals surface area contributed by atoms with Crippen LogP contribution in [-0.2, 0) is 6.18 Å². The SMILES string of the molecule is COc1ccc2c(Nc3cccc(C)c3)nc(C(F)(F)F)nc2c1. The van der Waals surface area contributed by atoms with Gasteiger partial charge in [0.05, 0.1) is 12.6 Å². The molecule has 1 N–H and O–H groups in total. The number of hydrogen-bond donors (Lipinski definition) is 1. The highest BCUT2D eigenvalue weighted by Crippen LogP contribution is 2.32. The summed E-state index contributed by atoms with van der Waals surface area (Å²) in [7, 11) is 1.44. The average molecular weight is 333 g/mol. The van der Waals surface area contributed by atoms with Crippen LogP contribution < -0.4 is 10.1 Å². The third-order valence-corrected chi connectivity index (χ3v) is 3.44. The third-order valence-electron chi connectivity index (χ3n) is 3.44. The summed E-state index contributed by atoms with van der Waals surface area (Å²) in [6.07, 6.45) is -4.64. The number of nitrogens with zero attached hydrogens (tertiary/aromatic N) is 2. The average Bonchev–Trinajstić information content (AvgIpc) is 2.53. The Kier molecular flexibility index (Phi) is 4.01. The molecule has 0 amide bonds. The topological polar surface area (TPSA) is 47.0 Å². The summed E-state index contributed by atoms with van der Waals surface area (Å²) in [6.45, 7) is 1.90. The lowest BCUT2D eigenvalue weighted by molar-refractivity contribution is -0.144. The Morgan fingerprint density at radius 3 is 2.50 bits per heavy atom. The molecule has 3 aromatic rings. The number of nitrogens with one attached hydrogen (secondary N) is 1. The number of aromatic nitrogens is 2. The summed E-state index contributed by atoms with van der Waals surface area (Å²) < 4.78 is 44.4. The number of fused-ring (bicyclic) bond motifs is 1. The van der Waals surface area contributed by atoms with Crippen LogP contribution in [0.4, 0.5) is 24.7 Å². The van der Waals surface area contributed by atoms with Crippen LogP contribution in [-0.4, -0.2) is 17.1 Å². The number of methoxy groups -OCH3 is 1. The van der Waals surface area contributed by atoms with Gasteiger partial charge >= 0.3 is 6.18 Å². The van der Waals surface area contributed by atoms with E-state index in [4.69, 9.17) is 4.74 Å². The smallest absolute Gasteiger partial charge is 0.451 e. The number of rotatable bonds is 3. The Balaban J connectivity index is 2.17. The quantitative estimate of drug-likeness (QED) is 0.754. The van der Waals surface area contributed by atoms with E-state index in [2.05, 4.69) is 15.3 Å². The first kappa shape index (κ1) is 16.0. The molecule has 2 aromatic carbocycles. The van der Waals surface area contributed by atoms with Crippen LogP contribution in [0, 0.1) is 6.92 Å². The maximum absolute atomic E-state index is 13.1. The zero-order chi connectivity index (χ0) is 17.3. The summed E-state index contributed by atoms with van der Waals surface area (Å²) in [5, 5.41) is 3.42. The molecule has 24 heavy (non-hydrogen) atoms. The lowest BCUT2D eigenvalue weighted by Crippen LogP contribution is -2.12. The number of anilines is 2. The molecule has 0 aliphatic rings.